The van der Waals surface area contributed by atoms with Gasteiger partial charge in [0.2, 0.25) is 0 Å². The van der Waals surface area contributed by atoms with Gasteiger partial charge in [-0.25, -0.2) is 0 Å². The highest BCUT2D eigenvalue weighted by molar-refractivity contribution is 7.98. The number of benzene rings is 1. The standard InChI is InChI=1S/C17H17NS3/c1-18-17(13-10-20-15-5-3-2-4-12(13)15)16-8-11-9-19-7-6-14(11)21-16/h2-5,8,10,17-18H,6-7,9H2,1H3. The van der Waals surface area contributed by atoms with Crippen LogP contribution < -0.4 is 5.32 Å². The van der Waals surface area contributed by atoms with E-state index in [1.54, 1.807) is 10.4 Å². The Kier molecular flexibility index (Phi) is 3.79. The number of fused-ring (bicyclic) bond motifs is 2. The number of aryl methyl sites for hydroxylation is 1. The van der Waals surface area contributed by atoms with Gasteiger partial charge in [-0.3, -0.25) is 0 Å². The van der Waals surface area contributed by atoms with Crippen molar-refractivity contribution in [1.82, 2.24) is 5.32 Å². The van der Waals surface area contributed by atoms with Crippen molar-refractivity contribution in [3.63, 3.8) is 0 Å². The van der Waals surface area contributed by atoms with E-state index in [-0.39, 0.29) is 0 Å². The lowest BCUT2D eigenvalue weighted by Crippen LogP contribution is -2.15. The summed E-state index contributed by atoms with van der Waals surface area (Å²) in [6.45, 7) is 0. The van der Waals surface area contributed by atoms with Crippen molar-refractivity contribution in [3.8, 4) is 0 Å². The van der Waals surface area contributed by atoms with E-state index in [2.05, 4.69) is 59.8 Å². The third-order valence-electron chi connectivity index (χ3n) is 4.04. The highest BCUT2D eigenvalue weighted by Gasteiger charge is 2.21. The van der Waals surface area contributed by atoms with Gasteiger partial charge in [0.1, 0.15) is 0 Å². The predicted octanol–water partition coefficient (Wildman–Crippen LogP) is 5.06. The largest absolute Gasteiger partial charge is 0.309 e. The molecular formula is C17H17NS3. The summed E-state index contributed by atoms with van der Waals surface area (Å²) >= 11 is 5.91. The molecule has 1 N–H and O–H groups in total. The van der Waals surface area contributed by atoms with Crippen LogP contribution >= 0.6 is 34.4 Å². The minimum Gasteiger partial charge on any atom is -0.309 e. The zero-order chi connectivity index (χ0) is 14.2. The Balaban J connectivity index is 1.79. The molecule has 1 aliphatic heterocycles. The van der Waals surface area contributed by atoms with Crippen LogP contribution in [0.3, 0.4) is 0 Å². The molecule has 1 nitrogen and oxygen atoms in total. The van der Waals surface area contributed by atoms with Crippen LogP contribution in [0.2, 0.25) is 0 Å². The number of nitrogens with one attached hydrogen (secondary N) is 1. The molecule has 2 aromatic heterocycles. The summed E-state index contributed by atoms with van der Waals surface area (Å²) in [7, 11) is 2.07. The predicted molar refractivity (Wildman–Crippen MR) is 96.9 cm³/mol. The second kappa shape index (κ2) is 5.76. The zero-order valence-corrected chi connectivity index (χ0v) is 14.3. The molecule has 3 aromatic rings. The minimum atomic E-state index is 0.321. The molecule has 1 aromatic carbocycles. The van der Waals surface area contributed by atoms with Crippen molar-refractivity contribution in [1.29, 1.82) is 0 Å². The van der Waals surface area contributed by atoms with E-state index in [4.69, 9.17) is 0 Å². The first-order chi connectivity index (χ1) is 10.4. The Hall–Kier alpha value is -0.810. The minimum absolute atomic E-state index is 0.321. The number of rotatable bonds is 3. The molecule has 0 saturated heterocycles. The maximum absolute atomic E-state index is 3.53. The van der Waals surface area contributed by atoms with E-state index in [0.29, 0.717) is 6.04 Å². The van der Waals surface area contributed by atoms with Gasteiger partial charge in [0, 0.05) is 20.2 Å². The highest BCUT2D eigenvalue weighted by Crippen LogP contribution is 2.39. The molecule has 0 aliphatic carbocycles. The molecule has 3 heterocycles. The molecule has 0 saturated carbocycles. The summed E-state index contributed by atoms with van der Waals surface area (Å²) in [6, 6.07) is 11.5. The van der Waals surface area contributed by atoms with Crippen molar-refractivity contribution in [2.45, 2.75) is 18.2 Å². The van der Waals surface area contributed by atoms with Gasteiger partial charge < -0.3 is 5.32 Å². The van der Waals surface area contributed by atoms with Crippen LogP contribution in [0.5, 0.6) is 0 Å². The lowest BCUT2D eigenvalue weighted by molar-refractivity contribution is 0.710. The second-order valence-electron chi connectivity index (χ2n) is 5.31. The first-order valence-electron chi connectivity index (χ1n) is 7.19. The molecular weight excluding hydrogens is 314 g/mol. The topological polar surface area (TPSA) is 12.0 Å². The maximum Gasteiger partial charge on any atom is 0.0683 e. The highest BCUT2D eigenvalue weighted by atomic mass is 32.2. The molecule has 1 unspecified atom stereocenters. The van der Waals surface area contributed by atoms with E-state index in [1.165, 1.54) is 38.5 Å². The molecule has 1 atom stereocenters. The third kappa shape index (κ3) is 2.44. The monoisotopic (exact) mass is 331 g/mol. The normalized spacial score (nSPS) is 16.0. The van der Waals surface area contributed by atoms with Gasteiger partial charge in [-0.15, -0.1) is 22.7 Å². The van der Waals surface area contributed by atoms with Crippen LogP contribution in [0.1, 0.15) is 26.9 Å². The molecule has 0 radical (unpaired) electrons. The molecule has 0 spiro atoms. The lowest BCUT2D eigenvalue weighted by atomic mass is 10.0. The summed E-state index contributed by atoms with van der Waals surface area (Å²) in [4.78, 5) is 3.07. The number of thiophene rings is 2. The quantitative estimate of drug-likeness (QED) is 0.720. The average Bonchev–Trinajstić information content (AvgIpc) is 3.13. The van der Waals surface area contributed by atoms with Gasteiger partial charge in [-0.2, -0.15) is 11.8 Å². The van der Waals surface area contributed by atoms with E-state index in [1.807, 2.05) is 22.7 Å². The van der Waals surface area contributed by atoms with Gasteiger partial charge >= 0.3 is 0 Å². The van der Waals surface area contributed by atoms with Crippen LogP contribution in [-0.2, 0) is 12.2 Å². The Labute approximate surface area is 137 Å². The Morgan fingerprint density at radius 3 is 3.00 bits per heavy atom. The van der Waals surface area contributed by atoms with E-state index >= 15 is 0 Å². The van der Waals surface area contributed by atoms with Crippen LogP contribution in [0.25, 0.3) is 10.1 Å². The number of hydrogen-bond acceptors (Lipinski definition) is 4. The van der Waals surface area contributed by atoms with Gasteiger partial charge in [0.15, 0.2) is 0 Å². The van der Waals surface area contributed by atoms with Crippen LogP contribution in [0.15, 0.2) is 35.7 Å². The second-order valence-corrected chi connectivity index (χ2v) is 8.49. The molecule has 0 amide bonds. The van der Waals surface area contributed by atoms with Gasteiger partial charge in [-0.05, 0) is 53.2 Å². The summed E-state index contributed by atoms with van der Waals surface area (Å²) in [5.41, 5.74) is 2.98. The van der Waals surface area contributed by atoms with E-state index < -0.39 is 0 Å². The molecule has 4 heteroatoms. The Bertz CT molecular complexity index is 748. The fraction of sp³-hybridized carbons (Fsp3) is 0.294. The number of hydrogen-bond donors (Lipinski definition) is 1. The Morgan fingerprint density at radius 1 is 1.24 bits per heavy atom. The van der Waals surface area contributed by atoms with Crippen LogP contribution in [0, 0.1) is 0 Å². The van der Waals surface area contributed by atoms with Crippen molar-refractivity contribution in [3.05, 3.63) is 56.6 Å². The average molecular weight is 332 g/mol. The van der Waals surface area contributed by atoms with Crippen molar-refractivity contribution >= 4 is 44.5 Å². The number of thioether (sulfide) groups is 1. The molecule has 108 valence electrons. The van der Waals surface area contributed by atoms with Gasteiger partial charge in [0.25, 0.3) is 0 Å². The maximum atomic E-state index is 3.53. The molecule has 1 aliphatic rings. The molecule has 21 heavy (non-hydrogen) atoms. The zero-order valence-electron chi connectivity index (χ0n) is 11.9. The summed E-state index contributed by atoms with van der Waals surface area (Å²) in [5, 5.41) is 7.24. The smallest absolute Gasteiger partial charge is 0.0683 e. The first-order valence-corrected chi connectivity index (χ1v) is 10.0. The summed E-state index contributed by atoms with van der Waals surface area (Å²) < 4.78 is 1.38. The van der Waals surface area contributed by atoms with Crippen molar-refractivity contribution in [2.24, 2.45) is 0 Å². The molecule has 4 rings (SSSR count). The fourth-order valence-corrected chi connectivity index (χ4v) is 6.48. The Morgan fingerprint density at radius 2 is 2.14 bits per heavy atom. The third-order valence-corrected chi connectivity index (χ3v) is 7.33. The van der Waals surface area contributed by atoms with Gasteiger partial charge in [-0.1, -0.05) is 18.2 Å². The van der Waals surface area contributed by atoms with Crippen molar-refractivity contribution in [2.75, 3.05) is 12.8 Å². The fourth-order valence-electron chi connectivity index (χ4n) is 2.99. The summed E-state index contributed by atoms with van der Waals surface area (Å²) in [6.07, 6.45) is 1.24. The first kappa shape index (κ1) is 13.8. The lowest BCUT2D eigenvalue weighted by Gasteiger charge is -2.14. The molecule has 0 bridgehead atoms. The molecule has 0 fully saturated rings. The van der Waals surface area contributed by atoms with Crippen LogP contribution in [-0.4, -0.2) is 12.8 Å². The van der Waals surface area contributed by atoms with Gasteiger partial charge in [0.05, 0.1) is 6.04 Å². The SMILES string of the molecule is CNC(c1cc2c(s1)CCSC2)c1csc2ccccc12. The van der Waals surface area contributed by atoms with Crippen LogP contribution in [0.4, 0.5) is 0 Å². The van der Waals surface area contributed by atoms with E-state index in [9.17, 15) is 0 Å². The summed E-state index contributed by atoms with van der Waals surface area (Å²) in [5.74, 6) is 2.46. The van der Waals surface area contributed by atoms with Crippen molar-refractivity contribution < 1.29 is 0 Å². The van der Waals surface area contributed by atoms with E-state index in [0.717, 1.165) is 0 Å².